The Labute approximate surface area is 198 Å². The van der Waals surface area contributed by atoms with Gasteiger partial charge in [-0.25, -0.2) is 0 Å². The molecule has 1 fully saturated rings. The molecule has 2 aromatic carbocycles. The Morgan fingerprint density at radius 1 is 1.19 bits per heavy atom. The summed E-state index contributed by atoms with van der Waals surface area (Å²) in [6.07, 6.45) is 2.36. The third-order valence-corrected chi connectivity index (χ3v) is 6.97. The van der Waals surface area contributed by atoms with Gasteiger partial charge in [0.15, 0.2) is 5.16 Å². The lowest BCUT2D eigenvalue weighted by Gasteiger charge is -2.19. The maximum Gasteiger partial charge on any atom is 0.191 e. The number of hydrogen-bond donors (Lipinski definition) is 1. The number of phenolic OH excluding ortho intramolecular Hbond substituents is 1. The summed E-state index contributed by atoms with van der Waals surface area (Å²) in [5.41, 5.74) is 3.38. The van der Waals surface area contributed by atoms with Gasteiger partial charge in [-0.05, 0) is 56.1 Å². The molecule has 170 valence electrons. The van der Waals surface area contributed by atoms with E-state index in [9.17, 15) is 5.11 Å². The Bertz CT molecular complexity index is 1050. The van der Waals surface area contributed by atoms with Gasteiger partial charge in [-0.2, -0.15) is 0 Å². The summed E-state index contributed by atoms with van der Waals surface area (Å²) < 4.78 is 8.10. The number of nitrogens with zero attached hydrogens (tertiary/aromatic N) is 4. The van der Waals surface area contributed by atoms with Crippen molar-refractivity contribution in [3.8, 4) is 5.75 Å². The number of aromatic hydroxyl groups is 1. The van der Waals surface area contributed by atoms with E-state index in [4.69, 9.17) is 16.3 Å². The summed E-state index contributed by atoms with van der Waals surface area (Å²) >= 11 is 7.82. The van der Waals surface area contributed by atoms with E-state index in [1.807, 2.05) is 7.05 Å². The molecule has 1 N–H and O–H groups in total. The van der Waals surface area contributed by atoms with Gasteiger partial charge in [-0.3, -0.25) is 4.90 Å². The molecule has 8 heteroatoms. The average Bonchev–Trinajstić information content (AvgIpc) is 3.41. The van der Waals surface area contributed by atoms with Crippen molar-refractivity contribution in [2.24, 2.45) is 0 Å². The van der Waals surface area contributed by atoms with E-state index in [0.717, 1.165) is 48.3 Å². The van der Waals surface area contributed by atoms with E-state index in [-0.39, 0.29) is 11.9 Å². The first kappa shape index (κ1) is 23.1. The number of aryl methyl sites for hydroxylation is 1. The molecule has 1 saturated heterocycles. The van der Waals surface area contributed by atoms with Crippen LogP contribution in [0.3, 0.4) is 0 Å². The highest BCUT2D eigenvalue weighted by Gasteiger charge is 2.22. The third kappa shape index (κ3) is 5.84. The molecule has 1 aliphatic heterocycles. The molecular weight excluding hydrogens is 444 g/mol. The highest BCUT2D eigenvalue weighted by molar-refractivity contribution is 7.98. The standard InChI is InChI=1S/C24H29ClN4O2S/c1-17-6-3-4-7-18(17)16-32-24-27-26-23(29(24)14-21-8-5-11-31-21)15-28(2)13-19-12-20(25)9-10-22(19)30/h3-4,6-7,9-10,12,21,30H,5,8,11,13-16H2,1-2H3. The SMILES string of the molecule is Cc1ccccc1CSc1nnc(CN(C)Cc2cc(Cl)ccc2O)n1CC1CCCO1. The van der Waals surface area contributed by atoms with Crippen molar-refractivity contribution >= 4 is 23.4 Å². The predicted molar refractivity (Wildman–Crippen MR) is 128 cm³/mol. The van der Waals surface area contributed by atoms with E-state index in [2.05, 4.69) is 50.9 Å². The van der Waals surface area contributed by atoms with Crippen LogP contribution in [0.2, 0.25) is 5.02 Å². The molecule has 0 saturated carbocycles. The second-order valence-corrected chi connectivity index (χ2v) is 9.68. The van der Waals surface area contributed by atoms with Crippen LogP contribution in [-0.2, 0) is 30.1 Å². The first-order valence-corrected chi connectivity index (χ1v) is 12.2. The highest BCUT2D eigenvalue weighted by atomic mass is 35.5. The van der Waals surface area contributed by atoms with Gasteiger partial charge in [0.25, 0.3) is 0 Å². The molecule has 1 aliphatic rings. The van der Waals surface area contributed by atoms with Crippen LogP contribution in [0, 0.1) is 6.92 Å². The second-order valence-electron chi connectivity index (χ2n) is 8.30. The molecule has 0 amide bonds. The van der Waals surface area contributed by atoms with Crippen LogP contribution < -0.4 is 0 Å². The molecule has 1 aromatic heterocycles. The number of ether oxygens (including phenoxy) is 1. The fourth-order valence-electron chi connectivity index (χ4n) is 3.90. The lowest BCUT2D eigenvalue weighted by atomic mass is 10.1. The highest BCUT2D eigenvalue weighted by Crippen LogP contribution is 2.27. The van der Waals surface area contributed by atoms with Crippen LogP contribution in [0.25, 0.3) is 0 Å². The van der Waals surface area contributed by atoms with E-state index >= 15 is 0 Å². The van der Waals surface area contributed by atoms with E-state index in [0.29, 0.717) is 18.1 Å². The number of benzene rings is 2. The van der Waals surface area contributed by atoms with E-state index in [1.54, 1.807) is 30.0 Å². The van der Waals surface area contributed by atoms with Gasteiger partial charge < -0.3 is 14.4 Å². The molecule has 1 atom stereocenters. The summed E-state index contributed by atoms with van der Waals surface area (Å²) in [7, 11) is 2.01. The Kier molecular flexibility index (Phi) is 7.73. The smallest absolute Gasteiger partial charge is 0.191 e. The number of phenols is 1. The lowest BCUT2D eigenvalue weighted by molar-refractivity contribution is 0.0934. The zero-order valence-electron chi connectivity index (χ0n) is 18.5. The number of aromatic nitrogens is 3. The summed E-state index contributed by atoms with van der Waals surface area (Å²) in [5.74, 6) is 2.00. The maximum absolute atomic E-state index is 10.2. The minimum atomic E-state index is 0.199. The van der Waals surface area contributed by atoms with Crippen LogP contribution in [0.4, 0.5) is 0 Å². The summed E-state index contributed by atoms with van der Waals surface area (Å²) in [6.45, 7) is 4.89. The molecular formula is C24H29ClN4O2S. The molecule has 6 nitrogen and oxygen atoms in total. The first-order valence-electron chi connectivity index (χ1n) is 10.9. The van der Waals surface area contributed by atoms with Crippen molar-refractivity contribution in [2.45, 2.75) is 56.4 Å². The van der Waals surface area contributed by atoms with Gasteiger partial charge in [0.2, 0.25) is 0 Å². The molecule has 0 bridgehead atoms. The van der Waals surface area contributed by atoms with E-state index < -0.39 is 0 Å². The predicted octanol–water partition coefficient (Wildman–Crippen LogP) is 5.05. The van der Waals surface area contributed by atoms with Crippen molar-refractivity contribution < 1.29 is 9.84 Å². The van der Waals surface area contributed by atoms with Gasteiger partial charge in [-0.15, -0.1) is 10.2 Å². The van der Waals surface area contributed by atoms with Crippen LogP contribution >= 0.6 is 23.4 Å². The number of hydrogen-bond acceptors (Lipinski definition) is 6. The minimum Gasteiger partial charge on any atom is -0.508 e. The van der Waals surface area contributed by atoms with Crippen LogP contribution in [0.15, 0.2) is 47.6 Å². The topological polar surface area (TPSA) is 63.4 Å². The summed E-state index contributed by atoms with van der Waals surface area (Å²) in [6, 6.07) is 13.6. The second kappa shape index (κ2) is 10.7. The van der Waals surface area contributed by atoms with Gasteiger partial charge in [-0.1, -0.05) is 47.6 Å². The fraction of sp³-hybridized carbons (Fsp3) is 0.417. The largest absolute Gasteiger partial charge is 0.508 e. The zero-order valence-corrected chi connectivity index (χ0v) is 20.1. The fourth-order valence-corrected chi connectivity index (χ4v) is 5.14. The number of halogens is 1. The Hall–Kier alpha value is -2.06. The summed E-state index contributed by atoms with van der Waals surface area (Å²) in [5, 5.41) is 20.7. The minimum absolute atomic E-state index is 0.199. The lowest BCUT2D eigenvalue weighted by Crippen LogP contribution is -2.23. The average molecular weight is 473 g/mol. The van der Waals surface area contributed by atoms with Crippen molar-refractivity contribution in [2.75, 3.05) is 13.7 Å². The van der Waals surface area contributed by atoms with Crippen molar-refractivity contribution in [1.29, 1.82) is 0 Å². The van der Waals surface area contributed by atoms with Gasteiger partial charge in [0.05, 0.1) is 19.2 Å². The molecule has 2 heterocycles. The molecule has 0 spiro atoms. The Morgan fingerprint density at radius 2 is 2.03 bits per heavy atom. The molecule has 32 heavy (non-hydrogen) atoms. The molecule has 4 rings (SSSR count). The number of rotatable bonds is 9. The molecule has 0 radical (unpaired) electrons. The van der Waals surface area contributed by atoms with Crippen LogP contribution in [-0.4, -0.2) is 44.5 Å². The van der Waals surface area contributed by atoms with Crippen molar-refractivity contribution in [3.05, 3.63) is 70.0 Å². The molecule has 0 aliphatic carbocycles. The van der Waals surface area contributed by atoms with Gasteiger partial charge in [0.1, 0.15) is 11.6 Å². The third-order valence-electron chi connectivity index (χ3n) is 5.71. The van der Waals surface area contributed by atoms with Crippen LogP contribution in [0.1, 0.15) is 35.4 Å². The monoisotopic (exact) mass is 472 g/mol. The Morgan fingerprint density at radius 3 is 2.81 bits per heavy atom. The van der Waals surface area contributed by atoms with Gasteiger partial charge in [0, 0.05) is 29.5 Å². The first-order chi connectivity index (χ1) is 15.5. The van der Waals surface area contributed by atoms with Crippen molar-refractivity contribution in [1.82, 2.24) is 19.7 Å². The number of thioether (sulfide) groups is 1. The molecule has 1 unspecified atom stereocenters. The zero-order chi connectivity index (χ0) is 22.5. The van der Waals surface area contributed by atoms with Crippen LogP contribution in [0.5, 0.6) is 5.75 Å². The summed E-state index contributed by atoms with van der Waals surface area (Å²) in [4.78, 5) is 2.11. The molecule has 3 aromatic rings. The van der Waals surface area contributed by atoms with E-state index in [1.165, 1.54) is 11.1 Å². The quantitative estimate of drug-likeness (QED) is 0.440. The Balaban J connectivity index is 1.50. The maximum atomic E-state index is 10.2. The van der Waals surface area contributed by atoms with Crippen molar-refractivity contribution in [3.63, 3.8) is 0 Å². The van der Waals surface area contributed by atoms with Gasteiger partial charge >= 0.3 is 0 Å². The normalized spacial score (nSPS) is 16.2.